The van der Waals surface area contributed by atoms with Crippen molar-refractivity contribution in [2.75, 3.05) is 18.6 Å². The third kappa shape index (κ3) is 3.74. The molecule has 6 nitrogen and oxygen atoms in total. The minimum atomic E-state index is -0.791. The van der Waals surface area contributed by atoms with Crippen LogP contribution in [0.15, 0.2) is 66.7 Å². The number of nitrogens with one attached hydrogen (secondary N) is 2. The van der Waals surface area contributed by atoms with Gasteiger partial charge in [0.2, 0.25) is 0 Å². The summed E-state index contributed by atoms with van der Waals surface area (Å²) >= 11 is 0. The zero-order valence-electron chi connectivity index (χ0n) is 18.8. The molecule has 0 fully saturated rings. The molecular formula is C27H25N3O3. The molecule has 0 saturated carbocycles. The lowest BCUT2D eigenvalue weighted by Gasteiger charge is -2.20. The number of hydrogen-bond donors (Lipinski definition) is 2. The number of carbonyl (C=O) groups is 2. The number of ether oxygens (including phenoxy) is 1. The number of anilines is 1. The number of aromatic amines is 1. The largest absolute Gasteiger partial charge is 0.489 e. The summed E-state index contributed by atoms with van der Waals surface area (Å²) in [4.78, 5) is 30.9. The van der Waals surface area contributed by atoms with Gasteiger partial charge in [-0.3, -0.25) is 9.59 Å². The van der Waals surface area contributed by atoms with Crippen molar-refractivity contribution in [1.29, 1.82) is 0 Å². The Morgan fingerprint density at radius 2 is 1.85 bits per heavy atom. The second-order valence-corrected chi connectivity index (χ2v) is 8.45. The Kier molecular flexibility index (Phi) is 5.13. The molecule has 1 aliphatic rings. The first-order valence-corrected chi connectivity index (χ1v) is 10.9. The Balaban J connectivity index is 1.42. The number of benzene rings is 3. The molecule has 4 aromatic rings. The van der Waals surface area contributed by atoms with Crippen LogP contribution in [0.2, 0.25) is 0 Å². The summed E-state index contributed by atoms with van der Waals surface area (Å²) in [5, 5.41) is 3.77. The SMILES string of the molecule is Cc1ccc(-c2cccc3cc(C(=O)N[C@H]4COc5ccccc5N(C)C4=O)[nH]c23)cc1C. The molecule has 0 aliphatic carbocycles. The van der Waals surface area contributed by atoms with Crippen molar-refractivity contribution in [3.8, 4) is 16.9 Å². The molecule has 0 bridgehead atoms. The first-order valence-electron chi connectivity index (χ1n) is 10.9. The highest BCUT2D eigenvalue weighted by Gasteiger charge is 2.31. The summed E-state index contributed by atoms with van der Waals surface area (Å²) < 4.78 is 5.81. The summed E-state index contributed by atoms with van der Waals surface area (Å²) in [7, 11) is 1.69. The van der Waals surface area contributed by atoms with Gasteiger partial charge in [-0.25, -0.2) is 0 Å². The summed E-state index contributed by atoms with van der Waals surface area (Å²) in [6.07, 6.45) is 0. The van der Waals surface area contributed by atoms with Crippen LogP contribution in [0.5, 0.6) is 5.75 Å². The molecule has 166 valence electrons. The molecule has 1 aliphatic heterocycles. The summed E-state index contributed by atoms with van der Waals surface area (Å²) in [6.45, 7) is 4.25. The zero-order valence-corrected chi connectivity index (χ0v) is 18.8. The van der Waals surface area contributed by atoms with Crippen LogP contribution in [0.4, 0.5) is 5.69 Å². The number of likely N-dealkylation sites (N-methyl/N-ethyl adjacent to an activating group) is 1. The fourth-order valence-electron chi connectivity index (χ4n) is 4.22. The van der Waals surface area contributed by atoms with Gasteiger partial charge in [-0.2, -0.15) is 0 Å². The lowest BCUT2D eigenvalue weighted by molar-refractivity contribution is -0.120. The third-order valence-corrected chi connectivity index (χ3v) is 6.28. The van der Waals surface area contributed by atoms with Crippen LogP contribution in [0.1, 0.15) is 21.6 Å². The van der Waals surface area contributed by atoms with Gasteiger partial charge in [0.1, 0.15) is 24.1 Å². The Morgan fingerprint density at radius 1 is 1.03 bits per heavy atom. The summed E-state index contributed by atoms with van der Waals surface area (Å²) in [6, 6.07) is 20.7. The fraction of sp³-hybridized carbons (Fsp3) is 0.185. The molecule has 33 heavy (non-hydrogen) atoms. The topological polar surface area (TPSA) is 74.4 Å². The quantitative estimate of drug-likeness (QED) is 0.490. The molecule has 5 rings (SSSR count). The number of aryl methyl sites for hydroxylation is 2. The van der Waals surface area contributed by atoms with Crippen molar-refractivity contribution in [3.05, 3.63) is 83.6 Å². The number of rotatable bonds is 3. The first-order chi connectivity index (χ1) is 15.9. The van der Waals surface area contributed by atoms with E-state index in [1.54, 1.807) is 7.05 Å². The number of aromatic nitrogens is 1. The van der Waals surface area contributed by atoms with E-state index in [9.17, 15) is 9.59 Å². The molecule has 2 heterocycles. The van der Waals surface area contributed by atoms with E-state index in [0.717, 1.165) is 22.0 Å². The number of para-hydroxylation sites is 3. The highest BCUT2D eigenvalue weighted by molar-refractivity contribution is 6.05. The second-order valence-electron chi connectivity index (χ2n) is 8.45. The van der Waals surface area contributed by atoms with Crippen LogP contribution in [0.3, 0.4) is 0 Å². The van der Waals surface area contributed by atoms with Crippen LogP contribution < -0.4 is 15.0 Å². The van der Waals surface area contributed by atoms with E-state index >= 15 is 0 Å². The number of carbonyl (C=O) groups excluding carboxylic acids is 2. The molecule has 0 spiro atoms. The maximum Gasteiger partial charge on any atom is 0.268 e. The van der Waals surface area contributed by atoms with Gasteiger partial charge >= 0.3 is 0 Å². The van der Waals surface area contributed by atoms with Crippen LogP contribution >= 0.6 is 0 Å². The Hall–Kier alpha value is -4.06. The lowest BCUT2D eigenvalue weighted by atomic mass is 9.99. The van der Waals surface area contributed by atoms with Crippen LogP contribution in [-0.4, -0.2) is 36.5 Å². The van der Waals surface area contributed by atoms with Gasteiger partial charge in [0, 0.05) is 18.0 Å². The maximum absolute atomic E-state index is 13.1. The van der Waals surface area contributed by atoms with Crippen LogP contribution in [0.25, 0.3) is 22.0 Å². The average Bonchev–Trinajstić information content (AvgIpc) is 3.23. The molecule has 0 radical (unpaired) electrons. The van der Waals surface area contributed by atoms with Gasteiger partial charge in [0.15, 0.2) is 0 Å². The van der Waals surface area contributed by atoms with Gasteiger partial charge in [-0.15, -0.1) is 0 Å². The van der Waals surface area contributed by atoms with E-state index in [4.69, 9.17) is 4.74 Å². The monoisotopic (exact) mass is 439 g/mol. The fourth-order valence-corrected chi connectivity index (χ4v) is 4.22. The van der Waals surface area contributed by atoms with Crippen molar-refractivity contribution in [2.24, 2.45) is 0 Å². The highest BCUT2D eigenvalue weighted by Crippen LogP contribution is 2.31. The molecule has 2 amide bonds. The van der Waals surface area contributed by atoms with Gasteiger partial charge in [0.25, 0.3) is 11.8 Å². The normalized spacial score (nSPS) is 15.7. The predicted octanol–water partition coefficient (Wildman–Crippen LogP) is 4.61. The molecule has 2 N–H and O–H groups in total. The number of nitrogens with zero attached hydrogens (tertiary/aromatic N) is 1. The molecule has 0 unspecified atom stereocenters. The average molecular weight is 440 g/mol. The standard InChI is InChI=1S/C27H25N3O3/c1-16-11-12-18(13-17(16)2)20-8-6-7-19-14-21(28-25(19)20)26(31)29-22-15-33-24-10-5-4-9-23(24)30(3)27(22)32/h4-14,22,28H,15H2,1-3H3,(H,29,31)/t22-/m0/s1. The Morgan fingerprint density at radius 3 is 2.67 bits per heavy atom. The van der Waals surface area contributed by atoms with E-state index < -0.39 is 6.04 Å². The van der Waals surface area contributed by atoms with Gasteiger partial charge in [-0.1, -0.05) is 48.5 Å². The first kappa shape index (κ1) is 20.8. The van der Waals surface area contributed by atoms with Crippen molar-refractivity contribution in [2.45, 2.75) is 19.9 Å². The molecule has 3 aromatic carbocycles. The molecule has 1 atom stereocenters. The van der Waals surface area contributed by atoms with E-state index in [1.165, 1.54) is 16.0 Å². The second kappa shape index (κ2) is 8.13. The molecule has 0 saturated heterocycles. The molecule has 6 heteroatoms. The third-order valence-electron chi connectivity index (χ3n) is 6.28. The molecular weight excluding hydrogens is 414 g/mol. The maximum atomic E-state index is 13.1. The minimum absolute atomic E-state index is 0.0695. The highest BCUT2D eigenvalue weighted by atomic mass is 16.5. The Bertz CT molecular complexity index is 1390. The van der Waals surface area contributed by atoms with Gasteiger partial charge in [0.05, 0.1) is 11.2 Å². The molecule has 1 aromatic heterocycles. The van der Waals surface area contributed by atoms with E-state index in [1.807, 2.05) is 48.5 Å². The van der Waals surface area contributed by atoms with Crippen LogP contribution in [-0.2, 0) is 4.79 Å². The minimum Gasteiger partial charge on any atom is -0.489 e. The van der Waals surface area contributed by atoms with E-state index in [0.29, 0.717) is 17.1 Å². The number of amides is 2. The van der Waals surface area contributed by atoms with Gasteiger partial charge in [-0.05, 0) is 48.7 Å². The number of H-pyrrole nitrogens is 1. The Labute approximate surface area is 192 Å². The zero-order chi connectivity index (χ0) is 23.1. The predicted molar refractivity (Wildman–Crippen MR) is 130 cm³/mol. The smallest absolute Gasteiger partial charge is 0.268 e. The summed E-state index contributed by atoms with van der Waals surface area (Å²) in [5.74, 6) is 0.0486. The van der Waals surface area contributed by atoms with Gasteiger partial charge < -0.3 is 19.9 Å². The van der Waals surface area contributed by atoms with E-state index in [2.05, 4.69) is 42.3 Å². The van der Waals surface area contributed by atoms with Crippen LogP contribution in [0, 0.1) is 13.8 Å². The van der Waals surface area contributed by atoms with Crippen molar-refractivity contribution < 1.29 is 14.3 Å². The van der Waals surface area contributed by atoms with Crippen molar-refractivity contribution in [1.82, 2.24) is 10.3 Å². The van der Waals surface area contributed by atoms with Crippen molar-refractivity contribution >= 4 is 28.4 Å². The van der Waals surface area contributed by atoms with E-state index in [-0.39, 0.29) is 18.4 Å². The lowest BCUT2D eigenvalue weighted by Crippen LogP contribution is -2.49. The summed E-state index contributed by atoms with van der Waals surface area (Å²) in [5.41, 5.74) is 6.54. The number of fused-ring (bicyclic) bond motifs is 2. The number of hydrogen-bond acceptors (Lipinski definition) is 3. The van der Waals surface area contributed by atoms with Crippen molar-refractivity contribution in [3.63, 3.8) is 0 Å².